The molecular weight excluding hydrogens is 436 g/mol. The fourth-order valence-corrected chi connectivity index (χ4v) is 5.14. The van der Waals surface area contributed by atoms with Crippen LogP contribution in [0.25, 0.3) is 11.1 Å². The van der Waals surface area contributed by atoms with Gasteiger partial charge in [0.25, 0.3) is 0 Å². The number of likely N-dealkylation sites (tertiary alicyclic amines) is 1. The smallest absolute Gasteiger partial charge is 0.407 e. The Morgan fingerprint density at radius 1 is 1.09 bits per heavy atom. The predicted molar refractivity (Wildman–Crippen MR) is 125 cm³/mol. The first-order valence-electron chi connectivity index (χ1n) is 11.6. The molecule has 3 atom stereocenters. The quantitative estimate of drug-likeness (QED) is 0.649. The summed E-state index contributed by atoms with van der Waals surface area (Å²) < 4.78 is 10.7. The van der Waals surface area contributed by atoms with Crippen molar-refractivity contribution in [2.24, 2.45) is 5.92 Å². The van der Waals surface area contributed by atoms with Crippen LogP contribution in [0, 0.1) is 5.92 Å². The number of methoxy groups -OCH3 is 1. The molecule has 8 nitrogen and oxygen atoms in total. The largest absolute Gasteiger partial charge is 0.480 e. The molecule has 0 spiro atoms. The number of ether oxygens (including phenoxy) is 2. The summed E-state index contributed by atoms with van der Waals surface area (Å²) in [4.78, 5) is 39.0. The van der Waals surface area contributed by atoms with Crippen molar-refractivity contribution in [2.45, 2.75) is 37.8 Å². The summed E-state index contributed by atoms with van der Waals surface area (Å²) in [5.74, 6) is -1.80. The molecule has 2 aromatic carbocycles. The monoisotopic (exact) mass is 466 g/mol. The van der Waals surface area contributed by atoms with Crippen LogP contribution < -0.4 is 5.32 Å². The second kappa shape index (κ2) is 10.3. The van der Waals surface area contributed by atoms with E-state index in [0.29, 0.717) is 13.0 Å². The van der Waals surface area contributed by atoms with E-state index in [0.717, 1.165) is 28.7 Å². The van der Waals surface area contributed by atoms with Crippen LogP contribution in [0.2, 0.25) is 0 Å². The number of benzene rings is 2. The topological polar surface area (TPSA) is 105 Å². The summed E-state index contributed by atoms with van der Waals surface area (Å²) in [5.41, 5.74) is 4.43. The Hall–Kier alpha value is -3.39. The molecule has 2 amide bonds. The number of carbonyl (C=O) groups excluding carboxylic acids is 2. The number of carbonyl (C=O) groups is 3. The second-order valence-corrected chi connectivity index (χ2v) is 8.91. The van der Waals surface area contributed by atoms with Crippen molar-refractivity contribution in [3.8, 4) is 11.1 Å². The normalized spacial score (nSPS) is 20.2. The van der Waals surface area contributed by atoms with Crippen LogP contribution in [0.5, 0.6) is 0 Å². The molecule has 0 bridgehead atoms. The maximum atomic E-state index is 13.2. The lowest BCUT2D eigenvalue weighted by molar-refractivity contribution is -0.156. The first-order chi connectivity index (χ1) is 16.4. The lowest BCUT2D eigenvalue weighted by atomic mass is 9.90. The molecule has 1 fully saturated rings. The number of fused-ring (bicyclic) bond motifs is 3. The molecule has 8 heteroatoms. The van der Waals surface area contributed by atoms with E-state index in [-0.39, 0.29) is 25.0 Å². The maximum absolute atomic E-state index is 13.2. The molecule has 1 aliphatic heterocycles. The SMILES string of the molecule is COCC(NC(=O)OCC1c2ccccc2-c2ccccc21)C(=O)N1CCCC(C)C1C(=O)O. The summed E-state index contributed by atoms with van der Waals surface area (Å²) in [5, 5.41) is 12.2. The van der Waals surface area contributed by atoms with Crippen LogP contribution >= 0.6 is 0 Å². The number of hydrogen-bond acceptors (Lipinski definition) is 5. The number of amides is 2. The third-order valence-electron chi connectivity index (χ3n) is 6.74. The molecule has 2 aromatic rings. The average Bonchev–Trinajstić information content (AvgIpc) is 3.15. The van der Waals surface area contributed by atoms with Crippen LogP contribution in [0.15, 0.2) is 48.5 Å². The maximum Gasteiger partial charge on any atom is 0.407 e. The molecule has 3 unspecified atom stereocenters. The average molecular weight is 467 g/mol. The van der Waals surface area contributed by atoms with Gasteiger partial charge in [-0.2, -0.15) is 0 Å². The number of nitrogens with one attached hydrogen (secondary N) is 1. The fraction of sp³-hybridized carbons (Fsp3) is 0.423. The van der Waals surface area contributed by atoms with Crippen molar-refractivity contribution in [1.82, 2.24) is 10.2 Å². The predicted octanol–water partition coefficient (Wildman–Crippen LogP) is 3.25. The van der Waals surface area contributed by atoms with Gasteiger partial charge in [-0.05, 0) is 41.0 Å². The Morgan fingerprint density at radius 2 is 1.71 bits per heavy atom. The zero-order valence-electron chi connectivity index (χ0n) is 19.4. The summed E-state index contributed by atoms with van der Waals surface area (Å²) in [6, 6.07) is 14.1. The number of carboxylic acid groups (broad SMARTS) is 1. The van der Waals surface area contributed by atoms with Crippen molar-refractivity contribution in [1.29, 1.82) is 0 Å². The van der Waals surface area contributed by atoms with Crippen molar-refractivity contribution in [3.63, 3.8) is 0 Å². The molecular formula is C26H30N2O6. The summed E-state index contributed by atoms with van der Waals surface area (Å²) in [6.07, 6.45) is 0.700. The highest BCUT2D eigenvalue weighted by Gasteiger charge is 2.40. The third-order valence-corrected chi connectivity index (χ3v) is 6.74. The number of piperidine rings is 1. The second-order valence-electron chi connectivity index (χ2n) is 8.91. The minimum Gasteiger partial charge on any atom is -0.480 e. The highest BCUT2D eigenvalue weighted by atomic mass is 16.5. The van der Waals surface area contributed by atoms with E-state index >= 15 is 0 Å². The lowest BCUT2D eigenvalue weighted by Crippen LogP contribution is -2.58. The van der Waals surface area contributed by atoms with Gasteiger partial charge in [-0.25, -0.2) is 9.59 Å². The highest BCUT2D eigenvalue weighted by molar-refractivity contribution is 5.90. The van der Waals surface area contributed by atoms with Gasteiger partial charge in [0.05, 0.1) is 6.61 Å². The van der Waals surface area contributed by atoms with Crippen molar-refractivity contribution >= 4 is 18.0 Å². The number of carboxylic acids is 1. The number of aliphatic carboxylic acids is 1. The van der Waals surface area contributed by atoms with E-state index in [1.807, 2.05) is 43.3 Å². The fourth-order valence-electron chi connectivity index (χ4n) is 5.14. The lowest BCUT2D eigenvalue weighted by Gasteiger charge is -2.39. The first-order valence-corrected chi connectivity index (χ1v) is 11.6. The molecule has 4 rings (SSSR count). The van der Waals surface area contributed by atoms with E-state index in [1.54, 1.807) is 0 Å². The summed E-state index contributed by atoms with van der Waals surface area (Å²) >= 11 is 0. The van der Waals surface area contributed by atoms with E-state index in [1.165, 1.54) is 12.0 Å². The molecule has 2 aliphatic rings. The number of hydrogen-bond donors (Lipinski definition) is 2. The van der Waals surface area contributed by atoms with Crippen LogP contribution in [-0.4, -0.2) is 66.9 Å². The summed E-state index contributed by atoms with van der Waals surface area (Å²) in [7, 11) is 1.42. The van der Waals surface area contributed by atoms with Crippen LogP contribution in [0.3, 0.4) is 0 Å². The van der Waals surface area contributed by atoms with Gasteiger partial charge in [0.2, 0.25) is 5.91 Å². The zero-order chi connectivity index (χ0) is 24.2. The molecule has 34 heavy (non-hydrogen) atoms. The Bertz CT molecular complexity index is 1030. The molecule has 0 aromatic heterocycles. The Kier molecular flexibility index (Phi) is 7.17. The Labute approximate surface area is 198 Å². The van der Waals surface area contributed by atoms with E-state index < -0.39 is 30.1 Å². The standard InChI is InChI=1S/C26H30N2O6/c1-16-8-7-13-28(23(16)25(30)31)24(29)22(15-33-2)27-26(32)34-14-21-19-11-5-3-9-17(19)18-10-4-6-12-20(18)21/h3-6,9-12,16,21-23H,7-8,13-15H2,1-2H3,(H,27,32)(H,30,31). The molecule has 2 N–H and O–H groups in total. The first kappa shape index (κ1) is 23.8. The van der Waals surface area contributed by atoms with Crippen molar-refractivity contribution < 1.29 is 29.0 Å². The van der Waals surface area contributed by atoms with Gasteiger partial charge in [-0.3, -0.25) is 4.79 Å². The van der Waals surface area contributed by atoms with Gasteiger partial charge in [-0.1, -0.05) is 55.5 Å². The molecule has 1 heterocycles. The minimum absolute atomic E-state index is 0.0831. The van der Waals surface area contributed by atoms with Crippen LogP contribution in [0.4, 0.5) is 4.79 Å². The van der Waals surface area contributed by atoms with Gasteiger partial charge in [-0.15, -0.1) is 0 Å². The molecule has 0 radical (unpaired) electrons. The van der Waals surface area contributed by atoms with Crippen molar-refractivity contribution in [3.05, 3.63) is 59.7 Å². The zero-order valence-corrected chi connectivity index (χ0v) is 19.4. The van der Waals surface area contributed by atoms with Crippen LogP contribution in [-0.2, 0) is 19.1 Å². The number of rotatable bonds is 7. The Morgan fingerprint density at radius 3 is 2.29 bits per heavy atom. The van der Waals surface area contributed by atoms with Crippen LogP contribution in [0.1, 0.15) is 36.8 Å². The van der Waals surface area contributed by atoms with E-state index in [9.17, 15) is 19.5 Å². The van der Waals surface area contributed by atoms with Gasteiger partial charge < -0.3 is 24.8 Å². The van der Waals surface area contributed by atoms with Crippen molar-refractivity contribution in [2.75, 3.05) is 26.9 Å². The van der Waals surface area contributed by atoms with Gasteiger partial charge in [0.15, 0.2) is 0 Å². The van der Waals surface area contributed by atoms with Gasteiger partial charge in [0, 0.05) is 19.6 Å². The molecule has 1 saturated heterocycles. The number of nitrogens with zero attached hydrogens (tertiary/aromatic N) is 1. The minimum atomic E-state index is -1.04. The molecule has 1 aliphatic carbocycles. The van der Waals surface area contributed by atoms with E-state index in [2.05, 4.69) is 17.4 Å². The molecule has 0 saturated carbocycles. The Balaban J connectivity index is 1.44. The van der Waals surface area contributed by atoms with Gasteiger partial charge >= 0.3 is 12.1 Å². The van der Waals surface area contributed by atoms with Gasteiger partial charge in [0.1, 0.15) is 18.7 Å². The third kappa shape index (κ3) is 4.63. The number of alkyl carbamates (subject to hydrolysis) is 1. The highest BCUT2D eigenvalue weighted by Crippen LogP contribution is 2.44. The summed E-state index contributed by atoms with van der Waals surface area (Å²) in [6.45, 7) is 2.18. The molecule has 180 valence electrons. The van der Waals surface area contributed by atoms with E-state index in [4.69, 9.17) is 9.47 Å².